The Morgan fingerprint density at radius 3 is 2.35 bits per heavy atom. The van der Waals surface area contributed by atoms with E-state index in [-0.39, 0.29) is 11.4 Å². The molecule has 0 bridgehead atoms. The van der Waals surface area contributed by atoms with E-state index < -0.39 is 0 Å². The van der Waals surface area contributed by atoms with Gasteiger partial charge in [0, 0.05) is 18.8 Å². The Bertz CT molecular complexity index is 446. The van der Waals surface area contributed by atoms with Gasteiger partial charge < -0.3 is 10.6 Å². The Morgan fingerprint density at radius 2 is 1.85 bits per heavy atom. The Labute approximate surface area is 122 Å². The molecule has 0 saturated heterocycles. The topological polar surface area (TPSA) is 29.3 Å². The highest BCUT2D eigenvalue weighted by atomic mass is 19.1. The number of likely N-dealkylation sites (N-methyl/N-ethyl adjacent to an activating group) is 1. The van der Waals surface area contributed by atoms with Gasteiger partial charge in [-0.1, -0.05) is 19.9 Å². The molecule has 1 aliphatic carbocycles. The molecule has 1 aromatic carbocycles. The molecule has 3 heteroatoms. The summed E-state index contributed by atoms with van der Waals surface area (Å²) in [6.45, 7) is 8.27. The predicted octanol–water partition coefficient (Wildman–Crippen LogP) is 3.95. The van der Waals surface area contributed by atoms with Crippen LogP contribution >= 0.6 is 0 Å². The second-order valence-electron chi connectivity index (χ2n) is 6.82. The van der Waals surface area contributed by atoms with E-state index in [1.165, 1.54) is 18.9 Å². The highest BCUT2D eigenvalue weighted by Gasteiger charge is 2.41. The molecule has 0 unspecified atom stereocenters. The van der Waals surface area contributed by atoms with E-state index in [1.807, 2.05) is 6.07 Å². The molecular formula is C17H27FN2. The average molecular weight is 278 g/mol. The third kappa shape index (κ3) is 2.98. The fourth-order valence-electron chi connectivity index (χ4n) is 3.41. The zero-order valence-corrected chi connectivity index (χ0v) is 13.0. The third-order valence-corrected chi connectivity index (χ3v) is 4.92. The maximum Gasteiger partial charge on any atom is 0.125 e. The summed E-state index contributed by atoms with van der Waals surface area (Å²) in [4.78, 5) is 2.31. The molecule has 0 amide bonds. The molecule has 20 heavy (non-hydrogen) atoms. The van der Waals surface area contributed by atoms with E-state index in [0.717, 1.165) is 25.1 Å². The number of hydrogen-bond acceptors (Lipinski definition) is 2. The highest BCUT2D eigenvalue weighted by molar-refractivity contribution is 5.49. The van der Waals surface area contributed by atoms with E-state index in [9.17, 15) is 4.39 Å². The fraction of sp³-hybridized carbons (Fsp3) is 0.647. The summed E-state index contributed by atoms with van der Waals surface area (Å²) >= 11 is 0. The standard InChI is InChI=1S/C17H27FN2/c1-4-20(15-7-5-6-14(18)12-15)17(13-19)10-8-16(2,3)9-11-17/h5-7,12H,4,8-11,13,19H2,1-3H3. The number of hydrogen-bond donors (Lipinski definition) is 1. The minimum atomic E-state index is -0.177. The van der Waals surface area contributed by atoms with Crippen molar-refractivity contribution in [3.05, 3.63) is 30.1 Å². The lowest BCUT2D eigenvalue weighted by Gasteiger charge is -2.50. The number of nitrogens with two attached hydrogens (primary N) is 1. The van der Waals surface area contributed by atoms with Gasteiger partial charge in [0.2, 0.25) is 0 Å². The summed E-state index contributed by atoms with van der Waals surface area (Å²) in [6.07, 6.45) is 4.52. The van der Waals surface area contributed by atoms with Gasteiger partial charge in [0.25, 0.3) is 0 Å². The van der Waals surface area contributed by atoms with E-state index in [2.05, 4.69) is 25.7 Å². The van der Waals surface area contributed by atoms with Crippen molar-refractivity contribution >= 4 is 5.69 Å². The van der Waals surface area contributed by atoms with Gasteiger partial charge in [-0.05, 0) is 56.2 Å². The first-order chi connectivity index (χ1) is 9.42. The first kappa shape index (κ1) is 15.3. The quantitative estimate of drug-likeness (QED) is 0.903. The van der Waals surface area contributed by atoms with Gasteiger partial charge >= 0.3 is 0 Å². The van der Waals surface area contributed by atoms with Gasteiger partial charge in [0.1, 0.15) is 5.82 Å². The van der Waals surface area contributed by atoms with Crippen molar-refractivity contribution in [2.24, 2.45) is 11.1 Å². The lowest BCUT2D eigenvalue weighted by molar-refractivity contribution is 0.162. The molecule has 2 nitrogen and oxygen atoms in total. The highest BCUT2D eigenvalue weighted by Crippen LogP contribution is 2.43. The zero-order chi connectivity index (χ0) is 14.8. The van der Waals surface area contributed by atoms with Crippen molar-refractivity contribution in [2.75, 3.05) is 18.0 Å². The largest absolute Gasteiger partial charge is 0.365 e. The molecule has 1 aliphatic rings. The monoisotopic (exact) mass is 278 g/mol. The minimum absolute atomic E-state index is 0.0158. The molecular weight excluding hydrogens is 251 g/mol. The molecule has 112 valence electrons. The van der Waals surface area contributed by atoms with E-state index in [0.29, 0.717) is 12.0 Å². The summed E-state index contributed by atoms with van der Waals surface area (Å²) in [5.41, 5.74) is 7.49. The van der Waals surface area contributed by atoms with Crippen LogP contribution in [0.4, 0.5) is 10.1 Å². The fourth-order valence-corrected chi connectivity index (χ4v) is 3.41. The molecule has 0 radical (unpaired) electrons. The summed E-state index contributed by atoms with van der Waals surface area (Å²) in [5, 5.41) is 0. The number of benzene rings is 1. The van der Waals surface area contributed by atoms with Crippen LogP contribution in [0.2, 0.25) is 0 Å². The van der Waals surface area contributed by atoms with E-state index >= 15 is 0 Å². The maximum atomic E-state index is 13.5. The van der Waals surface area contributed by atoms with Crippen molar-refractivity contribution in [1.82, 2.24) is 0 Å². The first-order valence-electron chi connectivity index (χ1n) is 7.66. The van der Waals surface area contributed by atoms with E-state index in [1.54, 1.807) is 12.1 Å². The maximum absolute atomic E-state index is 13.5. The lowest BCUT2D eigenvalue weighted by Crippen LogP contribution is -2.57. The first-order valence-corrected chi connectivity index (χ1v) is 7.66. The van der Waals surface area contributed by atoms with Crippen LogP contribution in [-0.4, -0.2) is 18.6 Å². The molecule has 0 atom stereocenters. The molecule has 0 aromatic heterocycles. The Morgan fingerprint density at radius 1 is 1.20 bits per heavy atom. The summed E-state index contributed by atoms with van der Waals surface area (Å²) < 4.78 is 13.5. The second kappa shape index (κ2) is 5.72. The molecule has 2 N–H and O–H groups in total. The van der Waals surface area contributed by atoms with Gasteiger partial charge in [-0.3, -0.25) is 0 Å². The minimum Gasteiger partial charge on any atom is -0.365 e. The summed E-state index contributed by atoms with van der Waals surface area (Å²) in [5.74, 6) is -0.177. The normalized spacial score (nSPS) is 20.6. The lowest BCUT2D eigenvalue weighted by atomic mass is 9.68. The number of nitrogens with zero attached hydrogens (tertiary/aromatic N) is 1. The van der Waals surface area contributed by atoms with Crippen molar-refractivity contribution < 1.29 is 4.39 Å². The Balaban J connectivity index is 2.29. The van der Waals surface area contributed by atoms with Gasteiger partial charge in [0.15, 0.2) is 0 Å². The smallest absolute Gasteiger partial charge is 0.125 e. The Kier molecular flexibility index (Phi) is 4.38. The van der Waals surface area contributed by atoms with Crippen molar-refractivity contribution in [2.45, 2.75) is 52.0 Å². The third-order valence-electron chi connectivity index (χ3n) is 4.92. The molecule has 2 rings (SSSR count). The van der Waals surface area contributed by atoms with Gasteiger partial charge in [-0.25, -0.2) is 4.39 Å². The molecule has 1 saturated carbocycles. The molecule has 0 spiro atoms. The van der Waals surface area contributed by atoms with Crippen LogP contribution in [0.3, 0.4) is 0 Å². The van der Waals surface area contributed by atoms with Crippen molar-refractivity contribution in [1.29, 1.82) is 0 Å². The molecule has 1 fully saturated rings. The summed E-state index contributed by atoms with van der Waals surface area (Å²) in [6, 6.07) is 6.89. The van der Waals surface area contributed by atoms with Gasteiger partial charge in [-0.15, -0.1) is 0 Å². The SMILES string of the molecule is CCN(c1cccc(F)c1)C1(CN)CCC(C)(C)CC1. The van der Waals surface area contributed by atoms with E-state index in [4.69, 9.17) is 5.73 Å². The number of rotatable bonds is 4. The number of anilines is 1. The molecule has 0 aliphatic heterocycles. The van der Waals surface area contributed by atoms with Gasteiger partial charge in [-0.2, -0.15) is 0 Å². The average Bonchev–Trinajstić information content (AvgIpc) is 2.42. The molecule has 1 aromatic rings. The second-order valence-corrected chi connectivity index (χ2v) is 6.82. The summed E-state index contributed by atoms with van der Waals surface area (Å²) in [7, 11) is 0. The molecule has 0 heterocycles. The van der Waals surface area contributed by atoms with Crippen LogP contribution in [-0.2, 0) is 0 Å². The number of halogens is 1. The van der Waals surface area contributed by atoms with Crippen LogP contribution in [0.25, 0.3) is 0 Å². The van der Waals surface area contributed by atoms with Crippen LogP contribution < -0.4 is 10.6 Å². The van der Waals surface area contributed by atoms with Gasteiger partial charge in [0.05, 0.1) is 5.54 Å². The van der Waals surface area contributed by atoms with Crippen LogP contribution in [0.15, 0.2) is 24.3 Å². The van der Waals surface area contributed by atoms with Crippen LogP contribution in [0.5, 0.6) is 0 Å². The van der Waals surface area contributed by atoms with Crippen LogP contribution in [0, 0.1) is 11.2 Å². The van der Waals surface area contributed by atoms with Crippen molar-refractivity contribution in [3.63, 3.8) is 0 Å². The zero-order valence-electron chi connectivity index (χ0n) is 13.0. The van der Waals surface area contributed by atoms with Crippen LogP contribution in [0.1, 0.15) is 46.5 Å². The Hall–Kier alpha value is -1.09. The van der Waals surface area contributed by atoms with Crippen molar-refractivity contribution in [3.8, 4) is 0 Å². The predicted molar refractivity (Wildman–Crippen MR) is 83.5 cm³/mol.